The Bertz CT molecular complexity index is 327. The van der Waals surface area contributed by atoms with Crippen LogP contribution in [0.2, 0.25) is 0 Å². The van der Waals surface area contributed by atoms with Gasteiger partial charge in [-0.25, -0.2) is 0 Å². The Morgan fingerprint density at radius 1 is 1.40 bits per heavy atom. The summed E-state index contributed by atoms with van der Waals surface area (Å²) in [5.41, 5.74) is -0.389. The molecule has 1 atom stereocenters. The van der Waals surface area contributed by atoms with Crippen LogP contribution in [-0.2, 0) is 19.1 Å². The minimum Gasteiger partial charge on any atom is -0.468 e. The van der Waals surface area contributed by atoms with Crippen molar-refractivity contribution < 1.29 is 19.1 Å². The fourth-order valence-corrected chi connectivity index (χ4v) is 2.79. The number of carbonyl (C=O) groups is 3. The summed E-state index contributed by atoms with van der Waals surface area (Å²) in [4.78, 5) is 34.6. The lowest BCUT2D eigenvalue weighted by molar-refractivity contribution is -0.163. The predicted octanol–water partition coefficient (Wildman–Crippen LogP) is 0.878. The molecule has 0 heterocycles. The van der Waals surface area contributed by atoms with E-state index in [9.17, 15) is 14.4 Å². The third-order valence-electron chi connectivity index (χ3n) is 3.64. The van der Waals surface area contributed by atoms with Gasteiger partial charge in [-0.3, -0.25) is 14.4 Å². The largest absolute Gasteiger partial charge is 0.468 e. The Kier molecular flexibility index (Phi) is 2.37. The van der Waals surface area contributed by atoms with Crippen LogP contribution < -0.4 is 0 Å². The van der Waals surface area contributed by atoms with Crippen LogP contribution >= 0.6 is 0 Å². The average Bonchev–Trinajstić information content (AvgIpc) is 2.13. The van der Waals surface area contributed by atoms with Gasteiger partial charge in [0.25, 0.3) is 0 Å². The van der Waals surface area contributed by atoms with Gasteiger partial charge in [0.2, 0.25) is 0 Å². The molecular formula is C11H14O4. The summed E-state index contributed by atoms with van der Waals surface area (Å²) in [6, 6.07) is 0. The van der Waals surface area contributed by atoms with E-state index in [4.69, 9.17) is 0 Å². The fraction of sp³-hybridized carbons (Fsp3) is 0.727. The fourth-order valence-electron chi connectivity index (χ4n) is 2.79. The molecule has 2 aliphatic carbocycles. The lowest BCUT2D eigenvalue weighted by Crippen LogP contribution is -2.51. The Morgan fingerprint density at radius 3 is 2.53 bits per heavy atom. The minimum atomic E-state index is -0.686. The number of Topliss-reactive ketones (excluding diaryl/α,β-unsaturated/α-hetero) is 2. The maximum absolute atomic E-state index is 11.7. The van der Waals surface area contributed by atoms with Crippen LogP contribution in [0.4, 0.5) is 0 Å². The molecule has 0 radical (unpaired) electrons. The smallest absolute Gasteiger partial charge is 0.316 e. The molecular weight excluding hydrogens is 196 g/mol. The number of hydrogen-bond donors (Lipinski definition) is 0. The number of methoxy groups -OCH3 is 1. The van der Waals surface area contributed by atoms with Crippen molar-refractivity contribution in [2.45, 2.75) is 32.1 Å². The van der Waals surface area contributed by atoms with E-state index in [1.807, 2.05) is 0 Å². The van der Waals surface area contributed by atoms with Crippen molar-refractivity contribution in [3.8, 4) is 0 Å². The third kappa shape index (κ3) is 1.48. The number of ketones is 2. The Balaban J connectivity index is 2.28. The summed E-state index contributed by atoms with van der Waals surface area (Å²) < 4.78 is 4.66. The van der Waals surface area contributed by atoms with E-state index in [1.165, 1.54) is 7.11 Å². The molecule has 2 fully saturated rings. The van der Waals surface area contributed by atoms with Gasteiger partial charge in [0.1, 0.15) is 11.7 Å². The highest BCUT2D eigenvalue weighted by molar-refractivity contribution is 6.11. The molecule has 4 nitrogen and oxygen atoms in total. The third-order valence-corrected chi connectivity index (χ3v) is 3.64. The van der Waals surface area contributed by atoms with Gasteiger partial charge >= 0.3 is 5.97 Å². The van der Waals surface area contributed by atoms with Gasteiger partial charge < -0.3 is 4.74 Å². The zero-order valence-corrected chi connectivity index (χ0v) is 8.75. The van der Waals surface area contributed by atoms with E-state index in [-0.39, 0.29) is 23.4 Å². The first-order valence-corrected chi connectivity index (χ1v) is 5.21. The van der Waals surface area contributed by atoms with Gasteiger partial charge in [0, 0.05) is 6.42 Å². The molecule has 0 aliphatic heterocycles. The summed E-state index contributed by atoms with van der Waals surface area (Å²) >= 11 is 0. The topological polar surface area (TPSA) is 60.4 Å². The number of rotatable bonds is 1. The van der Waals surface area contributed by atoms with Crippen LogP contribution in [0, 0.1) is 11.3 Å². The second kappa shape index (κ2) is 3.43. The molecule has 0 saturated heterocycles. The standard InChI is InChI=1S/C11H14O4/c1-15-10(14)9-8(13)5-7(12)6-11(9)3-2-4-11/h9H,2-6H2,1H3. The van der Waals surface area contributed by atoms with Crippen molar-refractivity contribution >= 4 is 17.5 Å². The van der Waals surface area contributed by atoms with Crippen molar-refractivity contribution in [1.82, 2.24) is 0 Å². The van der Waals surface area contributed by atoms with Crippen LogP contribution in [0.5, 0.6) is 0 Å². The maximum Gasteiger partial charge on any atom is 0.316 e. The quantitative estimate of drug-likeness (QED) is 0.476. The molecule has 2 aliphatic rings. The molecule has 15 heavy (non-hydrogen) atoms. The minimum absolute atomic E-state index is 0.0279. The number of hydrogen-bond acceptors (Lipinski definition) is 4. The lowest BCUT2D eigenvalue weighted by atomic mass is 9.54. The average molecular weight is 210 g/mol. The van der Waals surface area contributed by atoms with Gasteiger partial charge in [-0.05, 0) is 18.3 Å². The van der Waals surface area contributed by atoms with Crippen molar-refractivity contribution in [3.63, 3.8) is 0 Å². The van der Waals surface area contributed by atoms with Crippen molar-refractivity contribution in [3.05, 3.63) is 0 Å². The molecule has 0 aromatic carbocycles. The van der Waals surface area contributed by atoms with E-state index < -0.39 is 11.9 Å². The Labute approximate surface area is 88.0 Å². The molecule has 0 bridgehead atoms. The summed E-state index contributed by atoms with van der Waals surface area (Å²) in [5.74, 6) is -1.43. The molecule has 1 spiro atoms. The second-order valence-electron chi connectivity index (χ2n) is 4.53. The van der Waals surface area contributed by atoms with E-state index in [1.54, 1.807) is 0 Å². The Hall–Kier alpha value is -1.19. The normalized spacial score (nSPS) is 28.7. The SMILES string of the molecule is COC(=O)C1C(=O)CC(=O)CC12CCC2. The van der Waals surface area contributed by atoms with Crippen LogP contribution in [0.3, 0.4) is 0 Å². The van der Waals surface area contributed by atoms with Crippen LogP contribution in [0.25, 0.3) is 0 Å². The molecule has 0 aromatic rings. The van der Waals surface area contributed by atoms with E-state index in [0.717, 1.165) is 19.3 Å². The first-order chi connectivity index (χ1) is 7.09. The zero-order valence-electron chi connectivity index (χ0n) is 8.75. The van der Waals surface area contributed by atoms with Gasteiger partial charge in [0.05, 0.1) is 13.5 Å². The molecule has 1 unspecified atom stereocenters. The maximum atomic E-state index is 11.7. The number of carbonyl (C=O) groups excluding carboxylic acids is 3. The highest BCUT2D eigenvalue weighted by atomic mass is 16.5. The monoisotopic (exact) mass is 210 g/mol. The molecule has 4 heteroatoms. The van der Waals surface area contributed by atoms with Crippen molar-refractivity contribution in [2.24, 2.45) is 11.3 Å². The molecule has 82 valence electrons. The zero-order chi connectivity index (χ0) is 11.1. The van der Waals surface area contributed by atoms with Crippen LogP contribution in [0.1, 0.15) is 32.1 Å². The molecule has 2 saturated carbocycles. The van der Waals surface area contributed by atoms with Gasteiger partial charge in [-0.2, -0.15) is 0 Å². The van der Waals surface area contributed by atoms with Crippen LogP contribution in [0.15, 0.2) is 0 Å². The highest BCUT2D eigenvalue weighted by Gasteiger charge is 2.55. The first kappa shape index (κ1) is 10.3. The second-order valence-corrected chi connectivity index (χ2v) is 4.53. The van der Waals surface area contributed by atoms with Crippen molar-refractivity contribution in [2.75, 3.05) is 7.11 Å². The van der Waals surface area contributed by atoms with Gasteiger partial charge in [0.15, 0.2) is 5.78 Å². The highest BCUT2D eigenvalue weighted by Crippen LogP contribution is 2.53. The van der Waals surface area contributed by atoms with Crippen LogP contribution in [-0.4, -0.2) is 24.6 Å². The molecule has 0 aromatic heterocycles. The summed E-state index contributed by atoms with van der Waals surface area (Å²) in [6.45, 7) is 0. The van der Waals surface area contributed by atoms with Gasteiger partial charge in [-0.1, -0.05) is 6.42 Å². The summed E-state index contributed by atoms with van der Waals surface area (Å²) in [5, 5.41) is 0. The molecule has 0 amide bonds. The van der Waals surface area contributed by atoms with E-state index >= 15 is 0 Å². The van der Waals surface area contributed by atoms with Gasteiger partial charge in [-0.15, -0.1) is 0 Å². The number of ether oxygens (including phenoxy) is 1. The molecule has 0 N–H and O–H groups in total. The first-order valence-electron chi connectivity index (χ1n) is 5.21. The lowest BCUT2D eigenvalue weighted by Gasteiger charge is -2.47. The molecule has 2 rings (SSSR count). The Morgan fingerprint density at radius 2 is 2.07 bits per heavy atom. The number of esters is 1. The summed E-state index contributed by atoms with van der Waals surface area (Å²) in [7, 11) is 1.29. The van der Waals surface area contributed by atoms with E-state index in [2.05, 4.69) is 4.74 Å². The predicted molar refractivity (Wildman–Crippen MR) is 51.0 cm³/mol. The van der Waals surface area contributed by atoms with E-state index in [0.29, 0.717) is 6.42 Å². The van der Waals surface area contributed by atoms with Crippen molar-refractivity contribution in [1.29, 1.82) is 0 Å². The summed E-state index contributed by atoms with van der Waals surface area (Å²) in [6.07, 6.45) is 2.86.